The first-order valence-electron chi connectivity index (χ1n) is 23.8. The molecule has 2 aliphatic heterocycles. The number of benzene rings is 8. The predicted molar refractivity (Wildman–Crippen MR) is 287 cm³/mol. The highest BCUT2D eigenvalue weighted by molar-refractivity contribution is 6.79. The van der Waals surface area contributed by atoms with Gasteiger partial charge in [0.1, 0.15) is 0 Å². The topological polar surface area (TPSA) is 19.7 Å². The average Bonchev–Trinajstić information content (AvgIpc) is 4.30. The summed E-state index contributed by atoms with van der Waals surface area (Å²) in [5, 5.41) is 0. The van der Waals surface area contributed by atoms with Gasteiger partial charge in [0.15, 0.2) is 0 Å². The van der Waals surface area contributed by atoms with E-state index in [2.05, 4.69) is 284 Å². The molecule has 8 aromatic carbocycles. The monoisotopic (exact) mass is 896 g/mol. The fraction of sp³-hybridized carbons (Fsp3) is 0. The molecular formula is C64H44N4Si. The molecule has 0 saturated heterocycles. The van der Waals surface area contributed by atoms with Gasteiger partial charge in [-0.25, -0.2) is 0 Å². The van der Waals surface area contributed by atoms with Crippen molar-refractivity contribution in [1.29, 1.82) is 0 Å². The highest BCUT2D eigenvalue weighted by Gasteiger charge is 2.61. The van der Waals surface area contributed by atoms with E-state index < -0.39 is 8.72 Å². The lowest BCUT2D eigenvalue weighted by atomic mass is 10.0. The van der Waals surface area contributed by atoms with Crippen LogP contribution in [0.5, 0.6) is 0 Å². The van der Waals surface area contributed by atoms with Gasteiger partial charge in [-0.1, -0.05) is 194 Å². The minimum Gasteiger partial charge on any atom is -0.313 e. The first kappa shape index (κ1) is 39.3. The number of rotatable bonds is 8. The van der Waals surface area contributed by atoms with Crippen LogP contribution in [0.3, 0.4) is 0 Å². The summed E-state index contributed by atoms with van der Waals surface area (Å²) >= 11 is 0. The molecule has 324 valence electrons. The third-order valence-electron chi connectivity index (χ3n) is 14.3. The van der Waals surface area contributed by atoms with Crippen LogP contribution in [0.4, 0.5) is 0 Å². The van der Waals surface area contributed by atoms with Gasteiger partial charge in [0, 0.05) is 22.8 Å². The van der Waals surface area contributed by atoms with Crippen LogP contribution in [-0.2, 0) is 0 Å². The zero-order chi connectivity index (χ0) is 45.5. The molecule has 12 aromatic rings. The van der Waals surface area contributed by atoms with Gasteiger partial charge in [0.25, 0.3) is 0 Å². The van der Waals surface area contributed by atoms with E-state index in [1.54, 1.807) is 0 Å². The van der Waals surface area contributed by atoms with Crippen molar-refractivity contribution in [3.8, 4) is 112 Å². The quantitative estimate of drug-likeness (QED) is 0.135. The van der Waals surface area contributed by atoms with E-state index in [0.717, 1.165) is 0 Å². The molecule has 0 N–H and O–H groups in total. The van der Waals surface area contributed by atoms with E-state index in [9.17, 15) is 0 Å². The molecular weight excluding hydrogens is 853 g/mol. The molecule has 14 rings (SSSR count). The fourth-order valence-electron chi connectivity index (χ4n) is 11.3. The molecule has 2 aliphatic rings. The Balaban J connectivity index is 1.09. The Kier molecular flexibility index (Phi) is 8.88. The Morgan fingerprint density at radius 3 is 0.580 bits per heavy atom. The van der Waals surface area contributed by atoms with Gasteiger partial charge >= 0.3 is 8.72 Å². The van der Waals surface area contributed by atoms with Crippen LogP contribution < -0.4 is 0 Å². The summed E-state index contributed by atoms with van der Waals surface area (Å²) in [5.74, 6) is 0. The first-order chi connectivity index (χ1) is 34.2. The van der Waals surface area contributed by atoms with Gasteiger partial charge in [-0.05, 0) is 140 Å². The van der Waals surface area contributed by atoms with E-state index in [1.165, 1.54) is 112 Å². The van der Waals surface area contributed by atoms with Crippen LogP contribution in [0.2, 0.25) is 0 Å². The van der Waals surface area contributed by atoms with Crippen LogP contribution >= 0.6 is 0 Å². The van der Waals surface area contributed by atoms with Crippen LogP contribution in [0.25, 0.3) is 112 Å². The SMILES string of the molecule is c1ccc(-c2cccc(-c3ccc4n3[Si]3(n5c(-c6cccc(-c7ccccc7)c6)ccc5-4)n4c(-c5cccc(-c6ccccc6)c5)ccc4-c4ccc(-c5cccc(-c6ccccc6)c5)n43)c2)cc1. The normalized spacial score (nSPS) is 12.8. The van der Waals surface area contributed by atoms with E-state index >= 15 is 0 Å². The smallest absolute Gasteiger partial charge is 0.313 e. The molecule has 0 aliphatic carbocycles. The minimum absolute atomic E-state index is 1.18. The zero-order valence-electron chi connectivity index (χ0n) is 37.7. The summed E-state index contributed by atoms with van der Waals surface area (Å²) in [6.07, 6.45) is 0. The van der Waals surface area contributed by atoms with Gasteiger partial charge in [-0.2, -0.15) is 0 Å². The molecule has 0 atom stereocenters. The molecule has 1 spiro atoms. The van der Waals surface area contributed by atoms with Crippen LogP contribution in [0.1, 0.15) is 0 Å². The number of hydrogen-bond acceptors (Lipinski definition) is 0. The lowest BCUT2D eigenvalue weighted by molar-refractivity contribution is 0.916. The minimum atomic E-state index is -3.57. The van der Waals surface area contributed by atoms with Gasteiger partial charge in [-0.15, -0.1) is 0 Å². The van der Waals surface area contributed by atoms with Gasteiger partial charge in [0.05, 0.1) is 22.8 Å². The summed E-state index contributed by atoms with van der Waals surface area (Å²) in [5.41, 5.74) is 23.9. The molecule has 0 fully saturated rings. The molecule has 0 bridgehead atoms. The summed E-state index contributed by atoms with van der Waals surface area (Å²) in [4.78, 5) is 0. The third kappa shape index (κ3) is 6.01. The zero-order valence-corrected chi connectivity index (χ0v) is 38.7. The molecule has 0 amide bonds. The molecule has 0 unspecified atom stereocenters. The van der Waals surface area contributed by atoms with Crippen molar-refractivity contribution in [2.24, 2.45) is 0 Å². The maximum atomic E-state index is 2.77. The Morgan fingerprint density at radius 1 is 0.159 bits per heavy atom. The lowest BCUT2D eigenvalue weighted by Gasteiger charge is -2.35. The van der Waals surface area contributed by atoms with Gasteiger partial charge in [-0.3, -0.25) is 0 Å². The van der Waals surface area contributed by atoms with Crippen molar-refractivity contribution < 1.29 is 0 Å². The van der Waals surface area contributed by atoms with Crippen molar-refractivity contribution in [3.63, 3.8) is 0 Å². The van der Waals surface area contributed by atoms with Crippen LogP contribution in [0, 0.1) is 0 Å². The summed E-state index contributed by atoms with van der Waals surface area (Å²) < 4.78 is 11.1. The highest BCUT2D eigenvalue weighted by Crippen LogP contribution is 2.53. The Morgan fingerprint density at radius 2 is 0.348 bits per heavy atom. The first-order valence-corrected chi connectivity index (χ1v) is 25.5. The number of hydrogen-bond donors (Lipinski definition) is 0. The number of nitrogens with zero attached hydrogens (tertiary/aromatic N) is 4. The Hall–Kier alpha value is -8.90. The highest BCUT2D eigenvalue weighted by atomic mass is 28.4. The van der Waals surface area contributed by atoms with E-state index in [1.807, 2.05) is 0 Å². The molecule has 4 nitrogen and oxygen atoms in total. The Labute approximate surface area is 402 Å². The van der Waals surface area contributed by atoms with Crippen LogP contribution in [0.15, 0.2) is 267 Å². The van der Waals surface area contributed by atoms with Crippen molar-refractivity contribution in [2.75, 3.05) is 0 Å². The second kappa shape index (κ2) is 15.6. The van der Waals surface area contributed by atoms with Gasteiger partial charge in [0.2, 0.25) is 0 Å². The van der Waals surface area contributed by atoms with E-state index in [-0.39, 0.29) is 0 Å². The maximum Gasteiger partial charge on any atom is 0.522 e. The summed E-state index contributed by atoms with van der Waals surface area (Å²) in [6.45, 7) is 0. The van der Waals surface area contributed by atoms with Gasteiger partial charge < -0.3 is 16.9 Å². The number of fused-ring (bicyclic) bond motifs is 10. The second-order valence-electron chi connectivity index (χ2n) is 18.1. The second-order valence-corrected chi connectivity index (χ2v) is 21.1. The summed E-state index contributed by atoms with van der Waals surface area (Å²) in [6, 6.07) is 98.6. The van der Waals surface area contributed by atoms with Crippen molar-refractivity contribution in [1.82, 2.24) is 16.9 Å². The molecule has 6 heterocycles. The molecule has 0 saturated carbocycles. The average molecular weight is 897 g/mol. The molecule has 4 aromatic heterocycles. The maximum absolute atomic E-state index is 3.57. The Bertz CT molecular complexity index is 3380. The lowest BCUT2D eigenvalue weighted by Crippen LogP contribution is -2.60. The number of aromatic nitrogens is 4. The van der Waals surface area contributed by atoms with Crippen LogP contribution in [-0.4, -0.2) is 25.7 Å². The molecule has 69 heavy (non-hydrogen) atoms. The largest absolute Gasteiger partial charge is 0.522 e. The van der Waals surface area contributed by atoms with Crippen molar-refractivity contribution >= 4 is 8.72 Å². The summed E-state index contributed by atoms with van der Waals surface area (Å²) in [7, 11) is -3.57. The van der Waals surface area contributed by atoms with E-state index in [0.29, 0.717) is 0 Å². The standard InChI is InChI=1S/C64H44N4Si/c1-5-17-45(18-6-1)49-25-13-29-53(41-49)57-33-37-61-62-38-34-58(54-30-14-26-50(42-54)46-19-7-2-8-20-46)66(62)69(65(57)61)67-59(55-31-15-27-51(43-55)47-21-9-3-10-22-47)35-39-63(67)64-40-36-60(68(64)69)56-32-16-28-52(44-56)48-23-11-4-12-24-48/h1-44H. The fourth-order valence-corrected chi connectivity index (χ4v) is 16.7. The molecule has 5 heteroatoms. The van der Waals surface area contributed by atoms with Crippen molar-refractivity contribution in [2.45, 2.75) is 0 Å². The van der Waals surface area contributed by atoms with E-state index in [4.69, 9.17) is 0 Å². The molecule has 0 radical (unpaired) electrons. The van der Waals surface area contributed by atoms with Crippen molar-refractivity contribution in [3.05, 3.63) is 267 Å². The third-order valence-corrected chi connectivity index (χ3v) is 18.6. The predicted octanol–water partition coefficient (Wildman–Crippen LogP) is 16.1.